The molecule has 3 nitrogen and oxygen atoms in total. The minimum absolute atomic E-state index is 0.938. The standard InChI is InChI=1S/C15H19N3/c1-11-5-14(15-6-16-10-18(15)7-11)17-8-12-3-2-4-13(12)9-17/h5-7,10,12-13H,2-4,8-9H2,1H3. The summed E-state index contributed by atoms with van der Waals surface area (Å²) in [6, 6.07) is 2.32. The fraction of sp³-hybridized carbons (Fsp3) is 0.533. The van der Waals surface area contributed by atoms with E-state index in [1.165, 1.54) is 49.1 Å². The van der Waals surface area contributed by atoms with Gasteiger partial charge in [-0.2, -0.15) is 0 Å². The molecule has 2 fully saturated rings. The van der Waals surface area contributed by atoms with Crippen LogP contribution in [0.3, 0.4) is 0 Å². The Hall–Kier alpha value is -1.51. The Morgan fingerprint density at radius 2 is 2.00 bits per heavy atom. The first kappa shape index (κ1) is 10.4. The van der Waals surface area contributed by atoms with Crippen molar-refractivity contribution in [1.29, 1.82) is 0 Å². The molecule has 0 radical (unpaired) electrons. The van der Waals surface area contributed by atoms with E-state index in [1.807, 2.05) is 12.5 Å². The molecule has 1 saturated heterocycles. The number of pyridine rings is 1. The van der Waals surface area contributed by atoms with Gasteiger partial charge in [0, 0.05) is 19.3 Å². The quantitative estimate of drug-likeness (QED) is 0.765. The normalized spacial score (nSPS) is 27.1. The Morgan fingerprint density at radius 1 is 1.22 bits per heavy atom. The molecule has 2 aromatic heterocycles. The van der Waals surface area contributed by atoms with Gasteiger partial charge in [-0.1, -0.05) is 6.42 Å². The average molecular weight is 241 g/mol. The zero-order chi connectivity index (χ0) is 12.1. The summed E-state index contributed by atoms with van der Waals surface area (Å²) in [6.07, 6.45) is 10.4. The molecule has 1 aliphatic heterocycles. The largest absolute Gasteiger partial charge is 0.369 e. The molecule has 3 heterocycles. The van der Waals surface area contributed by atoms with Crippen LogP contribution in [0.5, 0.6) is 0 Å². The van der Waals surface area contributed by atoms with Gasteiger partial charge in [0.2, 0.25) is 0 Å². The van der Waals surface area contributed by atoms with Crippen LogP contribution in [0, 0.1) is 18.8 Å². The fourth-order valence-corrected chi connectivity index (χ4v) is 3.84. The van der Waals surface area contributed by atoms with Crippen molar-refractivity contribution in [2.45, 2.75) is 26.2 Å². The summed E-state index contributed by atoms with van der Waals surface area (Å²) >= 11 is 0. The van der Waals surface area contributed by atoms with Crippen molar-refractivity contribution in [2.24, 2.45) is 11.8 Å². The van der Waals surface area contributed by atoms with Crippen LogP contribution in [0.15, 0.2) is 24.8 Å². The molecule has 2 unspecified atom stereocenters. The van der Waals surface area contributed by atoms with Crippen molar-refractivity contribution in [3.8, 4) is 0 Å². The van der Waals surface area contributed by atoms with Crippen LogP contribution in [-0.2, 0) is 0 Å². The molecule has 1 saturated carbocycles. The maximum absolute atomic E-state index is 4.28. The first-order chi connectivity index (χ1) is 8.81. The van der Waals surface area contributed by atoms with Crippen LogP contribution >= 0.6 is 0 Å². The van der Waals surface area contributed by atoms with Crippen LogP contribution in [-0.4, -0.2) is 22.5 Å². The van der Waals surface area contributed by atoms with Crippen molar-refractivity contribution in [2.75, 3.05) is 18.0 Å². The topological polar surface area (TPSA) is 20.5 Å². The first-order valence-electron chi connectivity index (χ1n) is 6.98. The van der Waals surface area contributed by atoms with Gasteiger partial charge in [-0.25, -0.2) is 4.98 Å². The summed E-state index contributed by atoms with van der Waals surface area (Å²) in [4.78, 5) is 6.86. The molecule has 0 N–H and O–H groups in total. The summed E-state index contributed by atoms with van der Waals surface area (Å²) in [6.45, 7) is 4.66. The minimum Gasteiger partial charge on any atom is -0.369 e. The second-order valence-corrected chi connectivity index (χ2v) is 5.94. The van der Waals surface area contributed by atoms with E-state index >= 15 is 0 Å². The molecular formula is C15H19N3. The lowest BCUT2D eigenvalue weighted by atomic mass is 10.0. The maximum Gasteiger partial charge on any atom is 0.0992 e. The molecule has 18 heavy (non-hydrogen) atoms. The minimum atomic E-state index is 0.938. The monoisotopic (exact) mass is 241 g/mol. The summed E-state index contributed by atoms with van der Waals surface area (Å²) in [5.41, 5.74) is 3.94. The van der Waals surface area contributed by atoms with Crippen LogP contribution in [0.1, 0.15) is 24.8 Å². The molecule has 1 aliphatic carbocycles. The zero-order valence-electron chi connectivity index (χ0n) is 10.8. The highest BCUT2D eigenvalue weighted by atomic mass is 15.2. The molecule has 0 amide bonds. The number of rotatable bonds is 1. The van der Waals surface area contributed by atoms with E-state index in [0.717, 1.165) is 11.8 Å². The third-order valence-electron chi connectivity index (χ3n) is 4.70. The fourth-order valence-electron chi connectivity index (χ4n) is 3.84. The van der Waals surface area contributed by atoms with Crippen molar-refractivity contribution < 1.29 is 0 Å². The smallest absolute Gasteiger partial charge is 0.0992 e. The van der Waals surface area contributed by atoms with Gasteiger partial charge in [-0.15, -0.1) is 0 Å². The molecule has 0 spiro atoms. The number of anilines is 1. The molecule has 94 valence electrons. The highest BCUT2D eigenvalue weighted by Gasteiger charge is 2.36. The van der Waals surface area contributed by atoms with Crippen molar-refractivity contribution >= 4 is 11.2 Å². The van der Waals surface area contributed by atoms with Crippen molar-refractivity contribution in [3.63, 3.8) is 0 Å². The first-order valence-corrected chi connectivity index (χ1v) is 6.98. The van der Waals surface area contributed by atoms with Crippen LogP contribution in [0.4, 0.5) is 5.69 Å². The lowest BCUT2D eigenvalue weighted by Gasteiger charge is -2.21. The Morgan fingerprint density at radius 3 is 2.78 bits per heavy atom. The van der Waals surface area contributed by atoms with Crippen molar-refractivity contribution in [1.82, 2.24) is 9.38 Å². The SMILES string of the molecule is Cc1cc(N2CC3CCCC3C2)c2cncn2c1. The van der Waals surface area contributed by atoms with Gasteiger partial charge in [0.05, 0.1) is 23.7 Å². The molecule has 4 rings (SSSR count). The molecule has 2 aromatic rings. The molecule has 2 atom stereocenters. The van der Waals surface area contributed by atoms with Crippen molar-refractivity contribution in [3.05, 3.63) is 30.4 Å². The summed E-state index contributed by atoms with van der Waals surface area (Å²) < 4.78 is 2.15. The van der Waals surface area contributed by atoms with Gasteiger partial charge in [0.25, 0.3) is 0 Å². The number of hydrogen-bond donors (Lipinski definition) is 0. The summed E-state index contributed by atoms with van der Waals surface area (Å²) in [5, 5.41) is 0. The summed E-state index contributed by atoms with van der Waals surface area (Å²) in [5.74, 6) is 1.88. The molecule has 0 aromatic carbocycles. The predicted molar refractivity (Wildman–Crippen MR) is 73.0 cm³/mol. The van der Waals surface area contributed by atoms with Gasteiger partial charge >= 0.3 is 0 Å². The van der Waals surface area contributed by atoms with Crippen LogP contribution < -0.4 is 4.90 Å². The average Bonchev–Trinajstić information content (AvgIpc) is 3.01. The Balaban J connectivity index is 1.76. The third kappa shape index (κ3) is 1.46. The van der Waals surface area contributed by atoms with Gasteiger partial charge in [0.1, 0.15) is 0 Å². The number of fused-ring (bicyclic) bond motifs is 2. The zero-order valence-corrected chi connectivity index (χ0v) is 10.8. The second kappa shape index (κ2) is 3.74. The second-order valence-electron chi connectivity index (χ2n) is 5.94. The van der Waals surface area contributed by atoms with Crippen LogP contribution in [0.25, 0.3) is 5.52 Å². The lowest BCUT2D eigenvalue weighted by molar-refractivity contribution is 0.494. The summed E-state index contributed by atoms with van der Waals surface area (Å²) in [7, 11) is 0. The third-order valence-corrected chi connectivity index (χ3v) is 4.70. The number of aromatic nitrogens is 2. The van der Waals surface area contributed by atoms with E-state index in [4.69, 9.17) is 0 Å². The number of aryl methyl sites for hydroxylation is 1. The number of nitrogens with zero attached hydrogens (tertiary/aromatic N) is 3. The number of hydrogen-bond acceptors (Lipinski definition) is 2. The molecular weight excluding hydrogens is 222 g/mol. The van der Waals surface area contributed by atoms with E-state index in [0.29, 0.717) is 0 Å². The van der Waals surface area contributed by atoms with E-state index in [1.54, 1.807) is 0 Å². The highest BCUT2D eigenvalue weighted by molar-refractivity contribution is 5.73. The van der Waals surface area contributed by atoms with E-state index in [9.17, 15) is 0 Å². The van der Waals surface area contributed by atoms with Gasteiger partial charge in [0.15, 0.2) is 0 Å². The predicted octanol–water partition coefficient (Wildman–Crippen LogP) is 2.88. The Labute approximate surface area is 107 Å². The number of imidazole rings is 1. The highest BCUT2D eigenvalue weighted by Crippen LogP contribution is 2.40. The molecule has 3 heteroatoms. The van der Waals surface area contributed by atoms with E-state index in [-0.39, 0.29) is 0 Å². The van der Waals surface area contributed by atoms with Gasteiger partial charge < -0.3 is 9.30 Å². The van der Waals surface area contributed by atoms with Gasteiger partial charge in [-0.05, 0) is 43.2 Å². The maximum atomic E-state index is 4.28. The molecule has 2 aliphatic rings. The Kier molecular flexibility index (Phi) is 2.16. The van der Waals surface area contributed by atoms with E-state index < -0.39 is 0 Å². The lowest BCUT2D eigenvalue weighted by Crippen LogP contribution is -2.21. The molecule has 0 bridgehead atoms. The van der Waals surface area contributed by atoms with E-state index in [2.05, 4.69) is 33.5 Å². The van der Waals surface area contributed by atoms with Crippen LogP contribution in [0.2, 0.25) is 0 Å². The van der Waals surface area contributed by atoms with Gasteiger partial charge in [-0.3, -0.25) is 0 Å². The Bertz CT molecular complexity index is 574.